The van der Waals surface area contributed by atoms with Crippen LogP contribution >= 0.6 is 11.6 Å². The van der Waals surface area contributed by atoms with Gasteiger partial charge in [-0.2, -0.15) is 0 Å². The predicted octanol–water partition coefficient (Wildman–Crippen LogP) is 3.88. The van der Waals surface area contributed by atoms with E-state index >= 15 is 0 Å². The maximum atomic E-state index is 12.0. The fraction of sp³-hybridized carbons (Fsp3) is 0.0588. The number of benzene rings is 2. The summed E-state index contributed by atoms with van der Waals surface area (Å²) < 4.78 is 7.00. The summed E-state index contributed by atoms with van der Waals surface area (Å²) in [7, 11) is 0. The van der Waals surface area contributed by atoms with Gasteiger partial charge in [0.25, 0.3) is 0 Å². The summed E-state index contributed by atoms with van der Waals surface area (Å²) in [5, 5.41) is 13.8. The largest absolute Gasteiger partial charge is 0.456 e. The van der Waals surface area contributed by atoms with Gasteiger partial charge in [-0.25, -0.2) is 0 Å². The van der Waals surface area contributed by atoms with Crippen LogP contribution in [0.5, 0.6) is 11.5 Å². The van der Waals surface area contributed by atoms with Crippen molar-refractivity contribution < 1.29 is 14.5 Å². The normalized spacial score (nSPS) is 10.3. The highest BCUT2D eigenvalue weighted by atomic mass is 35.5. The number of halogens is 1. The Kier molecular flexibility index (Phi) is 5.14. The van der Waals surface area contributed by atoms with E-state index in [0.29, 0.717) is 22.2 Å². The van der Waals surface area contributed by atoms with Crippen molar-refractivity contribution in [3.05, 3.63) is 76.2 Å². The molecule has 8 nitrogen and oxygen atoms in total. The highest BCUT2D eigenvalue weighted by Gasteiger charge is 2.12. The van der Waals surface area contributed by atoms with E-state index in [1.165, 1.54) is 17.1 Å². The van der Waals surface area contributed by atoms with Crippen molar-refractivity contribution in [1.29, 1.82) is 0 Å². The molecule has 1 heterocycles. The van der Waals surface area contributed by atoms with Gasteiger partial charge in [-0.1, -0.05) is 23.7 Å². The van der Waals surface area contributed by atoms with Gasteiger partial charge in [-0.3, -0.25) is 4.79 Å². The Balaban J connectivity index is 1.59. The molecular weight excluding hydrogens is 360 g/mol. The lowest BCUT2D eigenvalue weighted by Gasteiger charge is -2.09. The van der Waals surface area contributed by atoms with E-state index < -0.39 is 4.92 Å². The van der Waals surface area contributed by atoms with Gasteiger partial charge < -0.3 is 24.7 Å². The number of para-hydroxylation sites is 1. The zero-order chi connectivity index (χ0) is 18.5. The number of nitro groups is 1. The second-order valence-electron chi connectivity index (χ2n) is 5.27. The number of nitrogens with one attached hydrogen (secondary N) is 1. The van der Waals surface area contributed by atoms with Gasteiger partial charge in [0.05, 0.1) is 5.02 Å². The van der Waals surface area contributed by atoms with E-state index in [1.807, 2.05) is 12.1 Å². The van der Waals surface area contributed by atoms with Gasteiger partial charge >= 0.3 is 5.82 Å². The molecule has 3 aromatic rings. The van der Waals surface area contributed by atoms with Crippen LogP contribution in [0.4, 0.5) is 11.5 Å². The molecular formula is C17H13ClN4O4. The quantitative estimate of drug-likeness (QED) is 0.523. The minimum absolute atomic E-state index is 0.0846. The van der Waals surface area contributed by atoms with E-state index in [2.05, 4.69) is 10.3 Å². The summed E-state index contributed by atoms with van der Waals surface area (Å²) in [5.41, 5.74) is 0.566. The number of nitrogens with zero attached hydrogens (tertiary/aromatic N) is 3. The van der Waals surface area contributed by atoms with Crippen molar-refractivity contribution in [2.75, 3.05) is 5.32 Å². The third-order valence-electron chi connectivity index (χ3n) is 3.34. The molecule has 2 aromatic carbocycles. The summed E-state index contributed by atoms with van der Waals surface area (Å²) in [6, 6.07) is 13.9. The molecule has 1 amide bonds. The first-order chi connectivity index (χ1) is 12.5. The van der Waals surface area contributed by atoms with Gasteiger partial charge in [0.2, 0.25) is 12.2 Å². The van der Waals surface area contributed by atoms with Crippen LogP contribution in [0.2, 0.25) is 5.02 Å². The Hall–Kier alpha value is -3.39. The number of imidazole rings is 1. The monoisotopic (exact) mass is 372 g/mol. The summed E-state index contributed by atoms with van der Waals surface area (Å²) in [5.74, 6) is 0.463. The molecule has 3 rings (SSSR count). The zero-order valence-corrected chi connectivity index (χ0v) is 14.1. The zero-order valence-electron chi connectivity index (χ0n) is 13.3. The van der Waals surface area contributed by atoms with Crippen molar-refractivity contribution in [1.82, 2.24) is 9.55 Å². The van der Waals surface area contributed by atoms with Crippen LogP contribution in [0.25, 0.3) is 0 Å². The minimum atomic E-state index is -0.619. The van der Waals surface area contributed by atoms with E-state index in [4.69, 9.17) is 16.3 Å². The first-order valence-electron chi connectivity index (χ1n) is 7.50. The number of amides is 1. The summed E-state index contributed by atoms with van der Waals surface area (Å²) in [4.78, 5) is 25.6. The number of carbonyl (C=O) groups is 1. The molecule has 0 unspecified atom stereocenters. The molecule has 0 aliphatic carbocycles. The number of hydrogen-bond donors (Lipinski definition) is 1. The topological polar surface area (TPSA) is 99.3 Å². The van der Waals surface area contributed by atoms with Crippen LogP contribution < -0.4 is 10.1 Å². The SMILES string of the molecule is O=C(Cn1cnc([N+](=O)[O-])c1)Nc1ccc(Oc2ccccc2Cl)cc1. The second kappa shape index (κ2) is 7.66. The van der Waals surface area contributed by atoms with Gasteiger partial charge in [-0.05, 0) is 46.3 Å². The van der Waals surface area contributed by atoms with Gasteiger partial charge in [-0.15, -0.1) is 0 Å². The standard InChI is InChI=1S/C17H13ClN4O4/c18-14-3-1-2-4-15(14)26-13-7-5-12(6-8-13)20-17(23)10-21-9-16(19-11-21)22(24)25/h1-9,11H,10H2,(H,20,23). The number of hydrogen-bond acceptors (Lipinski definition) is 5. The highest BCUT2D eigenvalue weighted by molar-refractivity contribution is 6.32. The molecule has 26 heavy (non-hydrogen) atoms. The van der Waals surface area contributed by atoms with Crippen molar-refractivity contribution in [2.45, 2.75) is 6.54 Å². The molecule has 132 valence electrons. The van der Waals surface area contributed by atoms with Crippen LogP contribution in [-0.2, 0) is 11.3 Å². The molecule has 1 aromatic heterocycles. The lowest BCUT2D eigenvalue weighted by atomic mass is 10.3. The molecule has 0 spiro atoms. The maximum Gasteiger partial charge on any atom is 0.381 e. The van der Waals surface area contributed by atoms with Crippen LogP contribution in [0, 0.1) is 10.1 Å². The maximum absolute atomic E-state index is 12.0. The van der Waals surface area contributed by atoms with Gasteiger partial charge in [0.15, 0.2) is 0 Å². The predicted molar refractivity (Wildman–Crippen MR) is 95.5 cm³/mol. The second-order valence-corrected chi connectivity index (χ2v) is 5.67. The Morgan fingerprint density at radius 3 is 2.62 bits per heavy atom. The molecule has 0 bridgehead atoms. The van der Waals surface area contributed by atoms with Crippen LogP contribution in [-0.4, -0.2) is 20.4 Å². The fourth-order valence-electron chi connectivity index (χ4n) is 2.16. The van der Waals surface area contributed by atoms with Crippen molar-refractivity contribution in [3.8, 4) is 11.5 Å². The minimum Gasteiger partial charge on any atom is -0.456 e. The lowest BCUT2D eigenvalue weighted by molar-refractivity contribution is -0.389. The number of anilines is 1. The van der Waals surface area contributed by atoms with E-state index in [9.17, 15) is 14.9 Å². The number of ether oxygens (including phenoxy) is 1. The smallest absolute Gasteiger partial charge is 0.381 e. The van der Waals surface area contributed by atoms with E-state index in [0.717, 1.165) is 0 Å². The molecule has 1 N–H and O–H groups in total. The Morgan fingerprint density at radius 2 is 1.96 bits per heavy atom. The summed E-state index contributed by atoms with van der Waals surface area (Å²) in [6.45, 7) is -0.0846. The molecule has 0 aliphatic heterocycles. The Bertz CT molecular complexity index is 940. The average molecular weight is 373 g/mol. The number of aromatic nitrogens is 2. The summed E-state index contributed by atoms with van der Waals surface area (Å²) >= 11 is 6.04. The average Bonchev–Trinajstić information content (AvgIpc) is 3.07. The fourth-order valence-corrected chi connectivity index (χ4v) is 2.33. The first kappa shape index (κ1) is 17.4. The van der Waals surface area contributed by atoms with E-state index in [-0.39, 0.29) is 18.3 Å². The van der Waals surface area contributed by atoms with Crippen molar-refractivity contribution in [3.63, 3.8) is 0 Å². The first-order valence-corrected chi connectivity index (χ1v) is 7.87. The molecule has 0 fully saturated rings. The molecule has 0 atom stereocenters. The highest BCUT2D eigenvalue weighted by Crippen LogP contribution is 2.29. The molecule has 0 saturated carbocycles. The van der Waals surface area contributed by atoms with E-state index in [1.54, 1.807) is 36.4 Å². The molecule has 0 saturated heterocycles. The third kappa shape index (κ3) is 4.37. The Labute approximate surface area is 153 Å². The summed E-state index contributed by atoms with van der Waals surface area (Å²) in [6.07, 6.45) is 2.43. The molecule has 0 radical (unpaired) electrons. The van der Waals surface area contributed by atoms with Gasteiger partial charge in [0, 0.05) is 5.69 Å². The van der Waals surface area contributed by atoms with Gasteiger partial charge in [0.1, 0.15) is 24.2 Å². The van der Waals surface area contributed by atoms with Crippen LogP contribution in [0.1, 0.15) is 0 Å². The Morgan fingerprint density at radius 1 is 1.23 bits per heavy atom. The third-order valence-corrected chi connectivity index (χ3v) is 3.65. The van der Waals surface area contributed by atoms with Crippen LogP contribution in [0.3, 0.4) is 0 Å². The molecule has 9 heteroatoms. The number of carbonyl (C=O) groups excluding carboxylic acids is 1. The van der Waals surface area contributed by atoms with Crippen LogP contribution in [0.15, 0.2) is 61.1 Å². The van der Waals surface area contributed by atoms with Crippen molar-refractivity contribution >= 4 is 29.0 Å². The lowest BCUT2D eigenvalue weighted by Crippen LogP contribution is -2.17. The molecule has 0 aliphatic rings. The number of rotatable bonds is 6. The van der Waals surface area contributed by atoms with Crippen molar-refractivity contribution in [2.24, 2.45) is 0 Å².